The van der Waals surface area contributed by atoms with Crippen molar-refractivity contribution in [3.05, 3.63) is 48.2 Å². The molecule has 0 radical (unpaired) electrons. The van der Waals surface area contributed by atoms with Crippen LogP contribution in [0.25, 0.3) is 17.0 Å². The summed E-state index contributed by atoms with van der Waals surface area (Å²) in [6, 6.07) is 9.79. The van der Waals surface area contributed by atoms with Crippen LogP contribution in [0.3, 0.4) is 0 Å². The highest BCUT2D eigenvalue weighted by atomic mass is 16.3. The zero-order valence-corrected chi connectivity index (χ0v) is 12.6. The van der Waals surface area contributed by atoms with Crippen molar-refractivity contribution in [1.29, 1.82) is 0 Å². The van der Waals surface area contributed by atoms with Gasteiger partial charge in [0, 0.05) is 36.8 Å². The third kappa shape index (κ3) is 3.34. The van der Waals surface area contributed by atoms with Crippen molar-refractivity contribution >= 4 is 22.9 Å². The van der Waals surface area contributed by atoms with Gasteiger partial charge in [-0.2, -0.15) is 0 Å². The van der Waals surface area contributed by atoms with Crippen LogP contribution < -0.4 is 0 Å². The molecule has 114 valence electrons. The summed E-state index contributed by atoms with van der Waals surface area (Å²) in [7, 11) is 1.72. The van der Waals surface area contributed by atoms with Gasteiger partial charge in [0.25, 0.3) is 0 Å². The van der Waals surface area contributed by atoms with Crippen molar-refractivity contribution in [2.45, 2.75) is 18.9 Å². The van der Waals surface area contributed by atoms with E-state index in [-0.39, 0.29) is 5.91 Å². The molecule has 1 N–H and O–H groups in total. The topological polar surface area (TPSA) is 53.4 Å². The number of hydrogen-bond donors (Lipinski definition) is 1. The number of aromatic nitrogens is 1. The van der Waals surface area contributed by atoms with Crippen molar-refractivity contribution in [2.75, 3.05) is 13.6 Å². The standard InChI is InChI=1S/C18H20N2O2/c1-20(12-16(21)13-7-8-13)17(22)10-9-15-5-2-4-14-6-3-11-19-18(14)15/h2-6,9-11,13,16,21H,7-8,12H2,1H3/b10-9+. The molecular weight excluding hydrogens is 276 g/mol. The Morgan fingerprint density at radius 3 is 2.95 bits per heavy atom. The number of carbonyl (C=O) groups is 1. The highest BCUT2D eigenvalue weighted by molar-refractivity contribution is 5.95. The zero-order chi connectivity index (χ0) is 15.5. The Labute approximate surface area is 130 Å². The second kappa shape index (κ2) is 6.28. The van der Waals surface area contributed by atoms with Gasteiger partial charge in [-0.1, -0.05) is 24.3 Å². The number of pyridine rings is 1. The number of carbonyl (C=O) groups excluding carboxylic acids is 1. The van der Waals surface area contributed by atoms with Gasteiger partial charge in [-0.25, -0.2) is 0 Å². The van der Waals surface area contributed by atoms with Crippen LogP contribution in [0.15, 0.2) is 42.6 Å². The molecule has 1 unspecified atom stereocenters. The lowest BCUT2D eigenvalue weighted by molar-refractivity contribution is -0.126. The Kier molecular flexibility index (Phi) is 4.20. The first-order valence-electron chi connectivity index (χ1n) is 7.60. The Morgan fingerprint density at radius 1 is 1.41 bits per heavy atom. The van der Waals surface area contributed by atoms with E-state index in [0.29, 0.717) is 12.5 Å². The van der Waals surface area contributed by atoms with Crippen LogP contribution in [-0.2, 0) is 4.79 Å². The monoisotopic (exact) mass is 296 g/mol. The fourth-order valence-electron chi connectivity index (χ4n) is 2.55. The van der Waals surface area contributed by atoms with Crippen LogP contribution in [0, 0.1) is 5.92 Å². The van der Waals surface area contributed by atoms with E-state index < -0.39 is 6.10 Å². The molecule has 3 rings (SSSR count). The summed E-state index contributed by atoms with van der Waals surface area (Å²) in [6.45, 7) is 0.391. The van der Waals surface area contributed by atoms with Crippen LogP contribution in [0.1, 0.15) is 18.4 Å². The van der Waals surface area contributed by atoms with Crippen molar-refractivity contribution in [3.8, 4) is 0 Å². The molecule has 0 bridgehead atoms. The minimum absolute atomic E-state index is 0.104. The van der Waals surface area contributed by atoms with Gasteiger partial charge >= 0.3 is 0 Å². The lowest BCUT2D eigenvalue weighted by Gasteiger charge is -2.19. The maximum atomic E-state index is 12.1. The quantitative estimate of drug-likeness (QED) is 0.862. The summed E-state index contributed by atoms with van der Waals surface area (Å²) in [5.41, 5.74) is 1.80. The highest BCUT2D eigenvalue weighted by Crippen LogP contribution is 2.32. The molecule has 1 aromatic heterocycles. The van der Waals surface area contributed by atoms with Crippen molar-refractivity contribution < 1.29 is 9.90 Å². The number of hydrogen-bond acceptors (Lipinski definition) is 3. The van der Waals surface area contributed by atoms with Crippen LogP contribution in [0.4, 0.5) is 0 Å². The maximum Gasteiger partial charge on any atom is 0.246 e. The van der Waals surface area contributed by atoms with Gasteiger partial charge in [0.1, 0.15) is 0 Å². The Bertz CT molecular complexity index is 702. The molecule has 1 aliphatic rings. The number of likely N-dealkylation sites (N-methyl/N-ethyl adjacent to an activating group) is 1. The summed E-state index contributed by atoms with van der Waals surface area (Å²) in [5, 5.41) is 11.0. The molecule has 1 heterocycles. The molecule has 0 saturated heterocycles. The van der Waals surface area contributed by atoms with Crippen LogP contribution in [0.2, 0.25) is 0 Å². The van der Waals surface area contributed by atoms with Gasteiger partial charge < -0.3 is 10.0 Å². The number of benzene rings is 1. The lowest BCUT2D eigenvalue weighted by atomic mass is 10.1. The SMILES string of the molecule is CN(CC(O)C1CC1)C(=O)/C=C/c1cccc2cccnc12. The first-order valence-corrected chi connectivity index (χ1v) is 7.60. The second-order valence-electron chi connectivity index (χ2n) is 5.88. The van der Waals surface area contributed by atoms with E-state index in [1.165, 1.54) is 0 Å². The molecule has 4 heteroatoms. The molecule has 1 aliphatic carbocycles. The lowest BCUT2D eigenvalue weighted by Crippen LogP contribution is -2.34. The third-order valence-corrected chi connectivity index (χ3v) is 4.07. The summed E-state index contributed by atoms with van der Waals surface area (Å²) in [4.78, 5) is 18.1. The minimum atomic E-state index is -0.401. The van der Waals surface area contributed by atoms with E-state index in [9.17, 15) is 9.90 Å². The van der Waals surface area contributed by atoms with Gasteiger partial charge in [-0.05, 0) is 30.9 Å². The third-order valence-electron chi connectivity index (χ3n) is 4.07. The zero-order valence-electron chi connectivity index (χ0n) is 12.6. The van der Waals surface area contributed by atoms with Gasteiger partial charge in [-0.3, -0.25) is 9.78 Å². The molecule has 1 amide bonds. The number of nitrogens with zero attached hydrogens (tertiary/aromatic N) is 2. The molecule has 1 fully saturated rings. The summed E-state index contributed by atoms with van der Waals surface area (Å²) >= 11 is 0. The number of para-hydroxylation sites is 1. The van der Waals surface area contributed by atoms with E-state index in [1.54, 1.807) is 30.3 Å². The summed E-state index contributed by atoms with van der Waals surface area (Å²) in [5.74, 6) is 0.272. The summed E-state index contributed by atoms with van der Waals surface area (Å²) < 4.78 is 0. The number of rotatable bonds is 5. The van der Waals surface area contributed by atoms with Crippen LogP contribution >= 0.6 is 0 Å². The maximum absolute atomic E-state index is 12.1. The number of aliphatic hydroxyl groups excluding tert-OH is 1. The first kappa shape index (κ1) is 14.7. The van der Waals surface area contributed by atoms with Gasteiger partial charge in [0.15, 0.2) is 0 Å². The second-order valence-corrected chi connectivity index (χ2v) is 5.88. The Morgan fingerprint density at radius 2 is 2.18 bits per heavy atom. The molecule has 22 heavy (non-hydrogen) atoms. The molecule has 0 aliphatic heterocycles. The van der Waals surface area contributed by atoms with Crippen molar-refractivity contribution in [3.63, 3.8) is 0 Å². The van der Waals surface area contributed by atoms with Crippen molar-refractivity contribution in [1.82, 2.24) is 9.88 Å². The normalized spacial score (nSPS) is 16.1. The number of amides is 1. The van der Waals surface area contributed by atoms with Gasteiger partial charge in [0.2, 0.25) is 5.91 Å². The van der Waals surface area contributed by atoms with Crippen LogP contribution in [0.5, 0.6) is 0 Å². The van der Waals surface area contributed by atoms with E-state index >= 15 is 0 Å². The van der Waals surface area contributed by atoms with Crippen molar-refractivity contribution in [2.24, 2.45) is 5.92 Å². The molecule has 1 atom stereocenters. The smallest absolute Gasteiger partial charge is 0.246 e. The largest absolute Gasteiger partial charge is 0.391 e. The Hall–Kier alpha value is -2.20. The molecule has 2 aromatic rings. The highest BCUT2D eigenvalue weighted by Gasteiger charge is 2.30. The molecule has 4 nitrogen and oxygen atoms in total. The fraction of sp³-hybridized carbons (Fsp3) is 0.333. The minimum Gasteiger partial charge on any atom is -0.391 e. The average Bonchev–Trinajstić information content (AvgIpc) is 3.37. The Balaban J connectivity index is 1.70. The fourth-order valence-corrected chi connectivity index (χ4v) is 2.55. The van der Waals surface area contributed by atoms with Crippen LogP contribution in [-0.4, -0.2) is 40.6 Å². The number of fused-ring (bicyclic) bond motifs is 1. The van der Waals surface area contributed by atoms with E-state index in [4.69, 9.17) is 0 Å². The average molecular weight is 296 g/mol. The van der Waals surface area contributed by atoms with E-state index in [1.807, 2.05) is 30.3 Å². The van der Waals surface area contributed by atoms with E-state index in [0.717, 1.165) is 29.3 Å². The summed E-state index contributed by atoms with van der Waals surface area (Å²) in [6.07, 6.45) is 6.82. The molecule has 1 saturated carbocycles. The molecular formula is C18H20N2O2. The van der Waals surface area contributed by atoms with Gasteiger partial charge in [-0.15, -0.1) is 0 Å². The molecule has 0 spiro atoms. The first-order chi connectivity index (χ1) is 10.6. The van der Waals surface area contributed by atoms with Gasteiger partial charge in [0.05, 0.1) is 11.6 Å². The predicted octanol–water partition coefficient (Wildman–Crippen LogP) is 2.48. The van der Waals surface area contributed by atoms with E-state index in [2.05, 4.69) is 4.98 Å². The number of aliphatic hydroxyl groups is 1. The predicted molar refractivity (Wildman–Crippen MR) is 87.1 cm³/mol. The molecule has 1 aromatic carbocycles.